The maximum Gasteiger partial charge on any atom is 0.331 e. The lowest BCUT2D eigenvalue weighted by Crippen LogP contribution is -2.52. The van der Waals surface area contributed by atoms with E-state index in [0.717, 1.165) is 6.08 Å². The Morgan fingerprint density at radius 3 is 2.60 bits per heavy atom. The van der Waals surface area contributed by atoms with Gasteiger partial charge in [0.25, 0.3) is 0 Å². The van der Waals surface area contributed by atoms with Crippen molar-refractivity contribution in [3.05, 3.63) is 23.3 Å². The summed E-state index contributed by atoms with van der Waals surface area (Å²) in [6.45, 7) is 2.63. The number of carbonyl (C=O) groups is 2. The van der Waals surface area contributed by atoms with Gasteiger partial charge >= 0.3 is 5.97 Å². The number of ether oxygens (including phenoxy) is 1. The van der Waals surface area contributed by atoms with Gasteiger partial charge in [-0.15, -0.1) is 0 Å². The van der Waals surface area contributed by atoms with E-state index >= 15 is 0 Å². The summed E-state index contributed by atoms with van der Waals surface area (Å²) in [6, 6.07) is -0.942. The van der Waals surface area contributed by atoms with Crippen LogP contribution >= 0.6 is 0 Å². The predicted octanol–water partition coefficient (Wildman–Crippen LogP) is -1.37. The Hall–Kier alpha value is -1.70. The monoisotopic (exact) mass is 285 g/mol. The molecule has 7 nitrogen and oxygen atoms in total. The summed E-state index contributed by atoms with van der Waals surface area (Å²) in [7, 11) is 0. The van der Waals surface area contributed by atoms with Crippen LogP contribution in [0.1, 0.15) is 13.8 Å². The number of esters is 1. The van der Waals surface area contributed by atoms with Gasteiger partial charge in [0.05, 0.1) is 19.3 Å². The lowest BCUT2D eigenvalue weighted by molar-refractivity contribution is -0.137. The molecule has 0 fully saturated rings. The van der Waals surface area contributed by atoms with Gasteiger partial charge in [-0.05, 0) is 18.1 Å². The molecule has 0 heterocycles. The van der Waals surface area contributed by atoms with Gasteiger partial charge in [-0.25, -0.2) is 4.79 Å². The lowest BCUT2D eigenvalue weighted by atomic mass is 9.86. The number of aliphatic hydroxyl groups excluding tert-OH is 3. The van der Waals surface area contributed by atoms with Gasteiger partial charge in [-0.2, -0.15) is 0 Å². The minimum atomic E-state index is -1.35. The Bertz CT molecular complexity index is 442. The molecule has 3 atom stereocenters. The first-order chi connectivity index (χ1) is 9.40. The zero-order valence-corrected chi connectivity index (χ0v) is 11.4. The number of aliphatic hydroxyl groups is 3. The van der Waals surface area contributed by atoms with Crippen LogP contribution in [-0.4, -0.2) is 58.7 Å². The Morgan fingerprint density at radius 2 is 2.10 bits per heavy atom. The highest BCUT2D eigenvalue weighted by atomic mass is 16.5. The molecular weight excluding hydrogens is 266 g/mol. The normalized spacial score (nSPS) is 27.9. The summed E-state index contributed by atoms with van der Waals surface area (Å²) < 4.78 is 4.76. The molecule has 1 aliphatic rings. The molecule has 0 bridgehead atoms. The highest BCUT2D eigenvalue weighted by Gasteiger charge is 2.35. The van der Waals surface area contributed by atoms with Gasteiger partial charge in [-0.1, -0.05) is 6.08 Å². The Kier molecular flexibility index (Phi) is 5.87. The zero-order chi connectivity index (χ0) is 15.3. The molecule has 1 aliphatic carbocycles. The molecule has 0 saturated carbocycles. The van der Waals surface area contributed by atoms with Crippen molar-refractivity contribution in [1.29, 1.82) is 0 Å². The third-order valence-electron chi connectivity index (χ3n) is 2.87. The number of rotatable bonds is 4. The van der Waals surface area contributed by atoms with Gasteiger partial charge in [0, 0.05) is 13.0 Å². The third-order valence-corrected chi connectivity index (χ3v) is 2.87. The van der Waals surface area contributed by atoms with E-state index in [1.54, 1.807) is 6.92 Å². The average molecular weight is 285 g/mol. The van der Waals surface area contributed by atoms with Crippen LogP contribution in [0.2, 0.25) is 0 Å². The molecule has 1 rings (SSSR count). The van der Waals surface area contributed by atoms with Crippen LogP contribution in [0.5, 0.6) is 0 Å². The van der Waals surface area contributed by atoms with Crippen molar-refractivity contribution in [3.8, 4) is 0 Å². The fourth-order valence-electron chi connectivity index (χ4n) is 1.97. The van der Waals surface area contributed by atoms with Crippen molar-refractivity contribution in [2.24, 2.45) is 0 Å². The summed E-state index contributed by atoms with van der Waals surface area (Å²) in [5, 5.41) is 31.4. The van der Waals surface area contributed by atoms with Crippen molar-refractivity contribution in [3.63, 3.8) is 0 Å². The maximum atomic E-state index is 11.5. The molecule has 0 aliphatic heterocycles. The van der Waals surface area contributed by atoms with Crippen molar-refractivity contribution in [1.82, 2.24) is 5.32 Å². The van der Waals surface area contributed by atoms with E-state index < -0.39 is 36.7 Å². The van der Waals surface area contributed by atoms with E-state index in [1.165, 1.54) is 13.0 Å². The predicted molar refractivity (Wildman–Crippen MR) is 69.5 cm³/mol. The van der Waals surface area contributed by atoms with Crippen molar-refractivity contribution >= 4 is 11.9 Å². The molecule has 20 heavy (non-hydrogen) atoms. The minimum absolute atomic E-state index is 0.162. The zero-order valence-electron chi connectivity index (χ0n) is 11.4. The minimum Gasteiger partial charge on any atom is -0.463 e. The van der Waals surface area contributed by atoms with Gasteiger partial charge in [-0.3, -0.25) is 4.79 Å². The van der Waals surface area contributed by atoms with Crippen LogP contribution in [0.25, 0.3) is 0 Å². The largest absolute Gasteiger partial charge is 0.463 e. The van der Waals surface area contributed by atoms with Crippen LogP contribution in [0, 0.1) is 0 Å². The first-order valence-electron chi connectivity index (χ1n) is 6.23. The van der Waals surface area contributed by atoms with Gasteiger partial charge in [0.15, 0.2) is 0 Å². The highest BCUT2D eigenvalue weighted by molar-refractivity contribution is 5.84. The molecule has 1 amide bonds. The second-order valence-electron chi connectivity index (χ2n) is 4.39. The molecule has 0 aromatic carbocycles. The molecule has 0 aromatic heterocycles. The summed E-state index contributed by atoms with van der Waals surface area (Å²) >= 11 is 0. The molecule has 4 N–H and O–H groups in total. The molecule has 0 spiro atoms. The third kappa shape index (κ3) is 3.89. The second-order valence-corrected chi connectivity index (χ2v) is 4.39. The van der Waals surface area contributed by atoms with Crippen LogP contribution in [0.3, 0.4) is 0 Å². The van der Waals surface area contributed by atoms with E-state index in [1.807, 2.05) is 0 Å². The molecule has 0 unspecified atom stereocenters. The molecule has 7 heteroatoms. The molecule has 0 aromatic rings. The van der Waals surface area contributed by atoms with E-state index in [-0.39, 0.29) is 17.8 Å². The first-order valence-corrected chi connectivity index (χ1v) is 6.23. The van der Waals surface area contributed by atoms with Gasteiger partial charge < -0.3 is 25.4 Å². The number of hydrogen-bond donors (Lipinski definition) is 4. The summed E-state index contributed by atoms with van der Waals surface area (Å²) in [5.41, 5.74) is 0.426. The molecule has 0 saturated heterocycles. The van der Waals surface area contributed by atoms with E-state index in [4.69, 9.17) is 9.84 Å². The molecule has 112 valence electrons. The summed E-state index contributed by atoms with van der Waals surface area (Å²) in [5.74, 6) is -1.05. The number of hydrogen-bond acceptors (Lipinski definition) is 6. The molecular formula is C13H19NO6. The van der Waals surface area contributed by atoms with Gasteiger partial charge in [0.2, 0.25) is 5.91 Å². The topological polar surface area (TPSA) is 116 Å². The standard InChI is InChI=1S/C13H19NO6/c1-3-20-10(17)5-8-4-9(6-15)12(18)13(19)11(8)14-7(2)16/h4-5,11-13,15,18-19H,3,6H2,1-2H3,(H,14,16)/b8-5+/t11-,12+,13+/m0/s1. The number of amides is 1. The summed E-state index contributed by atoms with van der Waals surface area (Å²) in [6.07, 6.45) is -0.174. The van der Waals surface area contributed by atoms with E-state index in [0.29, 0.717) is 0 Å². The van der Waals surface area contributed by atoms with Gasteiger partial charge in [0.1, 0.15) is 12.2 Å². The average Bonchev–Trinajstić information content (AvgIpc) is 2.38. The van der Waals surface area contributed by atoms with E-state index in [2.05, 4.69) is 5.32 Å². The first kappa shape index (κ1) is 16.4. The fraction of sp³-hybridized carbons (Fsp3) is 0.538. The SMILES string of the molecule is CCOC(=O)/C=C1\C=C(CO)[C@@H](O)[C@H](O)[C@H]1NC(C)=O. The van der Waals surface area contributed by atoms with Crippen LogP contribution < -0.4 is 5.32 Å². The molecule has 0 radical (unpaired) electrons. The van der Waals surface area contributed by atoms with Crippen LogP contribution in [0.15, 0.2) is 23.3 Å². The number of carbonyl (C=O) groups excluding carboxylic acids is 2. The van der Waals surface area contributed by atoms with Crippen molar-refractivity contribution in [2.45, 2.75) is 32.1 Å². The second kappa shape index (κ2) is 7.18. The highest BCUT2D eigenvalue weighted by Crippen LogP contribution is 2.24. The fourth-order valence-corrected chi connectivity index (χ4v) is 1.97. The van der Waals surface area contributed by atoms with Crippen LogP contribution in [-0.2, 0) is 14.3 Å². The smallest absolute Gasteiger partial charge is 0.331 e. The van der Waals surface area contributed by atoms with Crippen molar-refractivity contribution < 1.29 is 29.6 Å². The summed E-state index contributed by atoms with van der Waals surface area (Å²) in [4.78, 5) is 22.6. The van der Waals surface area contributed by atoms with Crippen molar-refractivity contribution in [2.75, 3.05) is 13.2 Å². The quantitative estimate of drug-likeness (QED) is 0.374. The van der Waals surface area contributed by atoms with E-state index in [9.17, 15) is 19.8 Å². The lowest BCUT2D eigenvalue weighted by Gasteiger charge is -2.33. The Balaban J connectivity index is 3.13. The van der Waals surface area contributed by atoms with Crippen LogP contribution in [0.4, 0.5) is 0 Å². The number of nitrogens with one attached hydrogen (secondary N) is 1. The Labute approximate surface area is 116 Å². The maximum absolute atomic E-state index is 11.5. The Morgan fingerprint density at radius 1 is 1.45 bits per heavy atom.